The smallest absolute Gasteiger partial charge is 0.465 e. The molecular weight excluding hydrogens is 425 g/mol. The third-order valence-electron chi connectivity index (χ3n) is 1.76. The first-order valence-corrected chi connectivity index (χ1v) is 6.06. The number of carbonyl (C=O) groups excluding carboxylic acids is 1. The SMILES string of the molecule is COC(=O)c1cc(I)c(B(O)O)c(I)c1. The molecular formula is C8H7BI2O4. The summed E-state index contributed by atoms with van der Waals surface area (Å²) in [6.07, 6.45) is 0. The number of esters is 1. The van der Waals surface area contributed by atoms with E-state index in [0.717, 1.165) is 0 Å². The summed E-state index contributed by atoms with van der Waals surface area (Å²) < 4.78 is 5.82. The van der Waals surface area contributed by atoms with E-state index in [9.17, 15) is 4.79 Å². The molecule has 0 atom stereocenters. The van der Waals surface area contributed by atoms with E-state index in [4.69, 9.17) is 10.0 Å². The van der Waals surface area contributed by atoms with Crippen LogP contribution in [-0.2, 0) is 4.74 Å². The molecule has 0 spiro atoms. The molecule has 0 aliphatic heterocycles. The Labute approximate surface area is 114 Å². The third-order valence-corrected chi connectivity index (χ3v) is 3.54. The fraction of sp³-hybridized carbons (Fsp3) is 0.125. The van der Waals surface area contributed by atoms with Crippen LogP contribution >= 0.6 is 45.2 Å². The van der Waals surface area contributed by atoms with Gasteiger partial charge in [-0.05, 0) is 57.3 Å². The first-order chi connectivity index (χ1) is 6.97. The molecule has 0 saturated carbocycles. The lowest BCUT2D eigenvalue weighted by molar-refractivity contribution is 0.0600. The molecule has 0 fully saturated rings. The zero-order chi connectivity index (χ0) is 11.6. The number of methoxy groups -OCH3 is 1. The van der Waals surface area contributed by atoms with Crippen LogP contribution in [0, 0.1) is 7.14 Å². The Kier molecular flexibility index (Phi) is 4.80. The predicted molar refractivity (Wildman–Crippen MR) is 73.0 cm³/mol. The van der Waals surface area contributed by atoms with Gasteiger partial charge in [-0.2, -0.15) is 0 Å². The van der Waals surface area contributed by atoms with Crippen LogP contribution in [0.3, 0.4) is 0 Å². The lowest BCUT2D eigenvalue weighted by atomic mass is 9.80. The van der Waals surface area contributed by atoms with Gasteiger partial charge in [0.2, 0.25) is 0 Å². The molecule has 0 radical (unpaired) electrons. The van der Waals surface area contributed by atoms with Gasteiger partial charge in [0, 0.05) is 12.6 Å². The standard InChI is InChI=1S/C8H7BI2O4/c1-15-8(12)4-2-5(10)7(9(13)14)6(11)3-4/h2-3,13-14H,1H3. The second kappa shape index (κ2) is 5.46. The van der Waals surface area contributed by atoms with E-state index >= 15 is 0 Å². The van der Waals surface area contributed by atoms with Gasteiger partial charge in [-0.3, -0.25) is 0 Å². The predicted octanol–water partition coefficient (Wildman–Crippen LogP) is 0.362. The number of rotatable bonds is 2. The largest absolute Gasteiger partial charge is 0.490 e. The summed E-state index contributed by atoms with van der Waals surface area (Å²) in [6, 6.07) is 3.12. The minimum absolute atomic E-state index is 0.399. The van der Waals surface area contributed by atoms with Crippen molar-refractivity contribution in [1.29, 1.82) is 0 Å². The maximum absolute atomic E-state index is 11.2. The molecule has 1 aromatic rings. The number of hydrogen-bond donors (Lipinski definition) is 2. The highest BCUT2D eigenvalue weighted by Gasteiger charge is 2.20. The van der Waals surface area contributed by atoms with E-state index in [2.05, 4.69) is 4.74 Å². The zero-order valence-corrected chi connectivity index (χ0v) is 12.0. The van der Waals surface area contributed by atoms with Crippen molar-refractivity contribution in [3.8, 4) is 0 Å². The molecule has 1 rings (SSSR count). The summed E-state index contributed by atoms with van der Waals surface area (Å²) in [6.45, 7) is 0. The summed E-state index contributed by atoms with van der Waals surface area (Å²) in [5.41, 5.74) is 0.805. The molecule has 7 heteroatoms. The van der Waals surface area contributed by atoms with E-state index in [1.807, 2.05) is 45.2 Å². The van der Waals surface area contributed by atoms with E-state index < -0.39 is 13.1 Å². The highest BCUT2D eigenvalue weighted by molar-refractivity contribution is 14.1. The van der Waals surface area contributed by atoms with Crippen molar-refractivity contribution in [2.45, 2.75) is 0 Å². The maximum atomic E-state index is 11.2. The fourth-order valence-electron chi connectivity index (χ4n) is 1.07. The molecule has 0 saturated heterocycles. The molecule has 15 heavy (non-hydrogen) atoms. The Hall–Kier alpha value is 0.135. The average molecular weight is 432 g/mol. The molecule has 1 aromatic carbocycles. The van der Waals surface area contributed by atoms with Crippen molar-refractivity contribution in [2.75, 3.05) is 7.11 Å². The lowest BCUT2D eigenvalue weighted by Gasteiger charge is -2.08. The first kappa shape index (κ1) is 13.2. The monoisotopic (exact) mass is 432 g/mol. The van der Waals surface area contributed by atoms with Gasteiger partial charge in [-0.25, -0.2) is 4.79 Å². The maximum Gasteiger partial charge on any atom is 0.490 e. The van der Waals surface area contributed by atoms with Crippen molar-refractivity contribution in [2.24, 2.45) is 0 Å². The molecule has 0 bridgehead atoms. The minimum atomic E-state index is -1.53. The van der Waals surface area contributed by atoms with E-state index in [0.29, 0.717) is 18.2 Å². The second-order valence-corrected chi connectivity index (χ2v) is 5.04. The number of halogens is 2. The highest BCUT2D eigenvalue weighted by atomic mass is 127. The highest BCUT2D eigenvalue weighted by Crippen LogP contribution is 2.13. The molecule has 0 amide bonds. The van der Waals surface area contributed by atoms with Crippen molar-refractivity contribution in [3.63, 3.8) is 0 Å². The summed E-state index contributed by atoms with van der Waals surface area (Å²) in [5, 5.41) is 18.2. The van der Waals surface area contributed by atoms with Gasteiger partial charge in [0.25, 0.3) is 0 Å². The van der Waals surface area contributed by atoms with Crippen LogP contribution in [0.25, 0.3) is 0 Å². The number of ether oxygens (including phenoxy) is 1. The van der Waals surface area contributed by atoms with Gasteiger partial charge in [0.1, 0.15) is 0 Å². The molecule has 80 valence electrons. The normalized spacial score (nSPS) is 9.93. The van der Waals surface area contributed by atoms with E-state index in [-0.39, 0.29) is 0 Å². The van der Waals surface area contributed by atoms with Crippen molar-refractivity contribution >= 4 is 63.7 Å². The van der Waals surface area contributed by atoms with Gasteiger partial charge >= 0.3 is 13.1 Å². The summed E-state index contributed by atoms with van der Waals surface area (Å²) in [4.78, 5) is 11.2. The van der Waals surface area contributed by atoms with Crippen LogP contribution in [-0.4, -0.2) is 30.2 Å². The van der Waals surface area contributed by atoms with Crippen LogP contribution in [0.15, 0.2) is 12.1 Å². The lowest BCUT2D eigenvalue weighted by Crippen LogP contribution is -2.35. The molecule has 4 nitrogen and oxygen atoms in total. The van der Waals surface area contributed by atoms with Crippen molar-refractivity contribution < 1.29 is 19.6 Å². The molecule has 0 aliphatic carbocycles. The van der Waals surface area contributed by atoms with Crippen molar-refractivity contribution in [3.05, 3.63) is 24.8 Å². The summed E-state index contributed by atoms with van der Waals surface area (Å²) >= 11 is 3.89. The third kappa shape index (κ3) is 3.05. The molecule has 0 aromatic heterocycles. The Morgan fingerprint density at radius 1 is 1.33 bits per heavy atom. The topological polar surface area (TPSA) is 66.8 Å². The first-order valence-electron chi connectivity index (χ1n) is 3.90. The van der Waals surface area contributed by atoms with Gasteiger partial charge in [-0.1, -0.05) is 0 Å². The number of benzene rings is 1. The second-order valence-electron chi connectivity index (χ2n) is 2.72. The minimum Gasteiger partial charge on any atom is -0.465 e. The number of hydrogen-bond acceptors (Lipinski definition) is 4. The summed E-state index contributed by atoms with van der Waals surface area (Å²) in [7, 11) is -0.230. The molecule has 2 N–H and O–H groups in total. The van der Waals surface area contributed by atoms with Crippen LogP contribution in [0.2, 0.25) is 0 Å². The van der Waals surface area contributed by atoms with Gasteiger partial charge in [0.15, 0.2) is 0 Å². The zero-order valence-electron chi connectivity index (χ0n) is 7.70. The van der Waals surface area contributed by atoms with Crippen LogP contribution in [0.4, 0.5) is 0 Å². The molecule has 0 aliphatic rings. The van der Waals surface area contributed by atoms with E-state index in [1.165, 1.54) is 7.11 Å². The van der Waals surface area contributed by atoms with Crippen LogP contribution in [0.5, 0.6) is 0 Å². The van der Waals surface area contributed by atoms with Gasteiger partial charge in [0.05, 0.1) is 12.7 Å². The average Bonchev–Trinajstić information content (AvgIpc) is 2.14. The quantitative estimate of drug-likeness (QED) is 0.403. The Bertz CT molecular complexity index is 371. The molecule has 0 heterocycles. The molecule has 0 unspecified atom stereocenters. The Morgan fingerprint density at radius 2 is 1.80 bits per heavy atom. The van der Waals surface area contributed by atoms with Crippen molar-refractivity contribution in [1.82, 2.24) is 0 Å². The Morgan fingerprint density at radius 3 is 2.13 bits per heavy atom. The van der Waals surface area contributed by atoms with Gasteiger partial charge < -0.3 is 14.8 Å². The van der Waals surface area contributed by atoms with Gasteiger partial charge in [-0.15, -0.1) is 0 Å². The van der Waals surface area contributed by atoms with E-state index in [1.54, 1.807) is 12.1 Å². The Balaban J connectivity index is 3.25. The van der Waals surface area contributed by atoms with Crippen LogP contribution in [0.1, 0.15) is 10.4 Å². The summed E-state index contributed by atoms with van der Waals surface area (Å²) in [5.74, 6) is -0.440. The number of carbonyl (C=O) groups is 1. The fourth-order valence-corrected chi connectivity index (χ4v) is 3.39. The van der Waals surface area contributed by atoms with Crippen LogP contribution < -0.4 is 5.46 Å².